The fraction of sp³-hybridized carbons (Fsp3) is 0.600. The number of hydrogen-bond acceptors (Lipinski definition) is 4. The molecular formula is C15H21BrFN3O2. The number of piperazine rings is 1. The van der Waals surface area contributed by atoms with Gasteiger partial charge in [0, 0.05) is 49.0 Å². The predicted molar refractivity (Wildman–Crippen MR) is 85.0 cm³/mol. The van der Waals surface area contributed by atoms with Crippen molar-refractivity contribution in [3.05, 3.63) is 28.2 Å². The van der Waals surface area contributed by atoms with Crippen LogP contribution in [0.15, 0.2) is 16.7 Å². The Kier molecular flexibility index (Phi) is 5.39. The lowest BCUT2D eigenvalue weighted by Crippen LogP contribution is -2.49. The monoisotopic (exact) mass is 373 g/mol. The third kappa shape index (κ3) is 4.91. The van der Waals surface area contributed by atoms with Crippen LogP contribution < -0.4 is 0 Å². The van der Waals surface area contributed by atoms with Crippen molar-refractivity contribution in [1.82, 2.24) is 14.8 Å². The molecule has 0 aromatic carbocycles. The summed E-state index contributed by atoms with van der Waals surface area (Å²) in [4.78, 5) is 19.5. The van der Waals surface area contributed by atoms with Crippen molar-refractivity contribution in [2.45, 2.75) is 32.9 Å². The van der Waals surface area contributed by atoms with Gasteiger partial charge in [-0.25, -0.2) is 9.78 Å². The minimum absolute atomic E-state index is 0.289. The van der Waals surface area contributed by atoms with Crippen LogP contribution >= 0.6 is 15.9 Å². The van der Waals surface area contributed by atoms with E-state index in [-0.39, 0.29) is 6.09 Å². The Hall–Kier alpha value is -1.21. The van der Waals surface area contributed by atoms with Gasteiger partial charge >= 0.3 is 6.09 Å². The Morgan fingerprint density at radius 1 is 1.36 bits per heavy atom. The molecule has 1 amide bonds. The maximum Gasteiger partial charge on any atom is 0.410 e. The summed E-state index contributed by atoms with van der Waals surface area (Å²) in [7, 11) is 0. The quantitative estimate of drug-likeness (QED) is 0.747. The fourth-order valence-electron chi connectivity index (χ4n) is 2.23. The average molecular weight is 374 g/mol. The Balaban J connectivity index is 1.87. The highest BCUT2D eigenvalue weighted by Crippen LogP contribution is 2.17. The summed E-state index contributed by atoms with van der Waals surface area (Å²) in [6.07, 6.45) is 1.15. The van der Waals surface area contributed by atoms with Gasteiger partial charge in [0.15, 0.2) is 0 Å². The summed E-state index contributed by atoms with van der Waals surface area (Å²) in [5, 5.41) is 0. The minimum Gasteiger partial charge on any atom is -0.444 e. The zero-order valence-corrected chi connectivity index (χ0v) is 14.7. The number of aromatic nitrogens is 1. The summed E-state index contributed by atoms with van der Waals surface area (Å²) in [5.41, 5.74) is 0.0689. The molecule has 2 rings (SSSR count). The second kappa shape index (κ2) is 6.91. The molecular weight excluding hydrogens is 353 g/mol. The first-order valence-corrected chi connectivity index (χ1v) is 8.04. The predicted octanol–water partition coefficient (Wildman–Crippen LogP) is 3.04. The molecule has 2 heterocycles. The molecule has 1 aromatic heterocycles. The van der Waals surface area contributed by atoms with Crippen LogP contribution in [0.4, 0.5) is 9.18 Å². The number of carbonyl (C=O) groups is 1. The molecule has 0 N–H and O–H groups in total. The first-order chi connectivity index (χ1) is 10.2. The van der Waals surface area contributed by atoms with Crippen LogP contribution in [0.1, 0.15) is 26.3 Å². The molecule has 1 aliphatic rings. The van der Waals surface area contributed by atoms with Crippen LogP contribution in [-0.2, 0) is 11.3 Å². The van der Waals surface area contributed by atoms with Gasteiger partial charge in [-0.3, -0.25) is 4.90 Å². The maximum absolute atomic E-state index is 13.7. The van der Waals surface area contributed by atoms with Gasteiger partial charge in [0.2, 0.25) is 5.95 Å². The van der Waals surface area contributed by atoms with Crippen LogP contribution in [0.2, 0.25) is 0 Å². The van der Waals surface area contributed by atoms with Crippen LogP contribution in [0.5, 0.6) is 0 Å². The Bertz CT molecular complexity index is 540. The summed E-state index contributed by atoms with van der Waals surface area (Å²) >= 11 is 3.30. The third-order valence-corrected chi connectivity index (χ3v) is 3.73. The van der Waals surface area contributed by atoms with Gasteiger partial charge in [-0.2, -0.15) is 4.39 Å². The van der Waals surface area contributed by atoms with Gasteiger partial charge < -0.3 is 9.64 Å². The number of pyridine rings is 1. The van der Waals surface area contributed by atoms with Gasteiger partial charge in [0.1, 0.15) is 5.60 Å². The van der Waals surface area contributed by atoms with E-state index in [0.717, 1.165) is 4.47 Å². The number of amides is 1. The highest BCUT2D eigenvalue weighted by Gasteiger charge is 2.26. The van der Waals surface area contributed by atoms with E-state index in [0.29, 0.717) is 38.3 Å². The zero-order chi connectivity index (χ0) is 16.3. The average Bonchev–Trinajstić information content (AvgIpc) is 2.42. The van der Waals surface area contributed by atoms with E-state index in [1.807, 2.05) is 20.8 Å². The topological polar surface area (TPSA) is 45.7 Å². The molecule has 22 heavy (non-hydrogen) atoms. The number of ether oxygens (including phenoxy) is 1. The Labute approximate surface area is 138 Å². The SMILES string of the molecule is CC(C)(C)OC(=O)N1CCN(Cc2cc(Br)cnc2F)CC1. The minimum atomic E-state index is -0.487. The van der Waals surface area contributed by atoms with Crippen LogP contribution in [0.3, 0.4) is 0 Å². The summed E-state index contributed by atoms with van der Waals surface area (Å²) in [5.74, 6) is -0.447. The smallest absolute Gasteiger partial charge is 0.410 e. The molecule has 1 aliphatic heterocycles. The molecule has 0 saturated carbocycles. The first kappa shape index (κ1) is 17.1. The molecule has 1 aromatic rings. The number of hydrogen-bond donors (Lipinski definition) is 0. The van der Waals surface area contributed by atoms with Crippen molar-refractivity contribution in [1.29, 1.82) is 0 Å². The zero-order valence-electron chi connectivity index (χ0n) is 13.1. The highest BCUT2D eigenvalue weighted by atomic mass is 79.9. The number of carbonyl (C=O) groups excluding carboxylic acids is 1. The van der Waals surface area contributed by atoms with E-state index < -0.39 is 11.5 Å². The van der Waals surface area contributed by atoms with E-state index in [4.69, 9.17) is 4.74 Å². The molecule has 5 nitrogen and oxygen atoms in total. The molecule has 1 fully saturated rings. The van der Waals surface area contributed by atoms with E-state index in [2.05, 4.69) is 25.8 Å². The van der Waals surface area contributed by atoms with Crippen molar-refractivity contribution in [3.63, 3.8) is 0 Å². The van der Waals surface area contributed by atoms with Gasteiger partial charge in [0.05, 0.1) is 0 Å². The van der Waals surface area contributed by atoms with Crippen LogP contribution in [0, 0.1) is 5.95 Å². The normalized spacial score (nSPS) is 16.7. The summed E-state index contributed by atoms with van der Waals surface area (Å²) in [6, 6.07) is 1.74. The Morgan fingerprint density at radius 3 is 2.59 bits per heavy atom. The van der Waals surface area contributed by atoms with Gasteiger partial charge in [-0.15, -0.1) is 0 Å². The lowest BCUT2D eigenvalue weighted by molar-refractivity contribution is 0.0138. The third-order valence-electron chi connectivity index (χ3n) is 3.30. The number of nitrogens with zero attached hydrogens (tertiary/aromatic N) is 3. The van der Waals surface area contributed by atoms with Gasteiger partial charge in [-0.05, 0) is 42.8 Å². The van der Waals surface area contributed by atoms with E-state index in [1.54, 1.807) is 11.0 Å². The number of halogens is 2. The lowest BCUT2D eigenvalue weighted by atomic mass is 10.2. The van der Waals surface area contributed by atoms with Crippen molar-refractivity contribution < 1.29 is 13.9 Å². The van der Waals surface area contributed by atoms with E-state index >= 15 is 0 Å². The largest absolute Gasteiger partial charge is 0.444 e. The van der Waals surface area contributed by atoms with Gasteiger partial charge in [-0.1, -0.05) is 0 Å². The van der Waals surface area contributed by atoms with Crippen LogP contribution in [0.25, 0.3) is 0 Å². The summed E-state index contributed by atoms with van der Waals surface area (Å²) < 4.78 is 19.8. The van der Waals surface area contributed by atoms with Crippen molar-refractivity contribution in [2.75, 3.05) is 26.2 Å². The molecule has 1 saturated heterocycles. The molecule has 0 aliphatic carbocycles. The highest BCUT2D eigenvalue weighted by molar-refractivity contribution is 9.10. The molecule has 7 heteroatoms. The number of rotatable bonds is 2. The van der Waals surface area contributed by atoms with Crippen LogP contribution in [-0.4, -0.2) is 52.7 Å². The van der Waals surface area contributed by atoms with E-state index in [1.165, 1.54) is 6.20 Å². The van der Waals surface area contributed by atoms with Gasteiger partial charge in [0.25, 0.3) is 0 Å². The first-order valence-electron chi connectivity index (χ1n) is 7.25. The van der Waals surface area contributed by atoms with E-state index in [9.17, 15) is 9.18 Å². The lowest BCUT2D eigenvalue weighted by Gasteiger charge is -2.35. The molecule has 0 radical (unpaired) electrons. The van der Waals surface area contributed by atoms with Crippen molar-refractivity contribution in [2.24, 2.45) is 0 Å². The molecule has 122 valence electrons. The summed E-state index contributed by atoms with van der Waals surface area (Å²) in [6.45, 7) is 8.57. The molecule has 0 spiro atoms. The molecule has 0 atom stereocenters. The maximum atomic E-state index is 13.7. The molecule has 0 unspecified atom stereocenters. The standard InChI is InChI=1S/C15H21BrFN3O2/c1-15(2,3)22-14(21)20-6-4-19(5-7-20)10-11-8-12(16)9-18-13(11)17/h8-9H,4-7,10H2,1-3H3. The van der Waals surface area contributed by atoms with Crippen molar-refractivity contribution >= 4 is 22.0 Å². The second-order valence-electron chi connectivity index (χ2n) is 6.35. The molecule has 0 bridgehead atoms. The second-order valence-corrected chi connectivity index (χ2v) is 7.26. The Morgan fingerprint density at radius 2 is 2.00 bits per heavy atom. The van der Waals surface area contributed by atoms with Crippen molar-refractivity contribution in [3.8, 4) is 0 Å². The fourth-order valence-corrected chi connectivity index (χ4v) is 2.61.